The predicted octanol–water partition coefficient (Wildman–Crippen LogP) is 6.56. The summed E-state index contributed by atoms with van der Waals surface area (Å²) in [6.07, 6.45) is -0.832. The summed E-state index contributed by atoms with van der Waals surface area (Å²) in [6.45, 7) is 1.58. The number of hydrogen-bond donors (Lipinski definition) is 2. The van der Waals surface area contributed by atoms with Crippen molar-refractivity contribution in [1.82, 2.24) is 14.9 Å². The van der Waals surface area contributed by atoms with E-state index in [-0.39, 0.29) is 40.5 Å². The first-order chi connectivity index (χ1) is 19.0. The van der Waals surface area contributed by atoms with E-state index in [1.54, 1.807) is 19.1 Å². The summed E-state index contributed by atoms with van der Waals surface area (Å²) in [6, 6.07) is 13.6. The van der Waals surface area contributed by atoms with Gasteiger partial charge in [-0.15, -0.1) is 0 Å². The fourth-order valence-corrected chi connectivity index (χ4v) is 4.77. The molecule has 0 unspecified atom stereocenters. The highest BCUT2D eigenvalue weighted by molar-refractivity contribution is 5.96. The second kappa shape index (κ2) is 10.7. The van der Waals surface area contributed by atoms with Gasteiger partial charge in [-0.05, 0) is 90.4 Å². The van der Waals surface area contributed by atoms with Gasteiger partial charge in [-0.2, -0.15) is 13.2 Å². The zero-order valence-electron chi connectivity index (χ0n) is 21.4. The lowest BCUT2D eigenvalue weighted by atomic mass is 9.96. The van der Waals surface area contributed by atoms with Crippen molar-refractivity contribution in [2.24, 2.45) is 5.92 Å². The highest BCUT2D eigenvalue weighted by Crippen LogP contribution is 2.42. The van der Waals surface area contributed by atoms with Crippen LogP contribution in [0.15, 0.2) is 73.1 Å². The topological polar surface area (TPSA) is 70.8 Å². The Labute approximate surface area is 226 Å². The number of halogens is 5. The van der Waals surface area contributed by atoms with Crippen molar-refractivity contribution in [3.8, 4) is 11.1 Å². The van der Waals surface area contributed by atoms with Gasteiger partial charge in [0, 0.05) is 30.1 Å². The molecule has 2 heterocycles. The number of alkyl halides is 3. The van der Waals surface area contributed by atoms with Gasteiger partial charge in [0.05, 0.1) is 6.04 Å². The molecule has 2 N–H and O–H groups in total. The van der Waals surface area contributed by atoms with Crippen molar-refractivity contribution < 1.29 is 26.7 Å². The Bertz CT molecular complexity index is 1640. The van der Waals surface area contributed by atoms with Gasteiger partial charge in [-0.25, -0.2) is 8.78 Å². The number of aromatic nitrogens is 2. The van der Waals surface area contributed by atoms with Crippen LogP contribution in [0.2, 0.25) is 0 Å². The molecular weight excluding hydrogens is 527 g/mol. The van der Waals surface area contributed by atoms with Crippen LogP contribution in [0.1, 0.15) is 51.6 Å². The maximum atomic E-state index is 13.9. The van der Waals surface area contributed by atoms with Crippen LogP contribution in [0.3, 0.4) is 0 Å². The Hall–Kier alpha value is -4.34. The zero-order chi connectivity index (χ0) is 28.6. The van der Waals surface area contributed by atoms with E-state index in [1.165, 1.54) is 47.0 Å². The molecule has 0 saturated heterocycles. The van der Waals surface area contributed by atoms with Crippen LogP contribution < -0.4 is 10.8 Å². The maximum Gasteiger partial charge on any atom is 0.433 e. The van der Waals surface area contributed by atoms with Gasteiger partial charge in [0.2, 0.25) is 0 Å². The number of aryl methyl sites for hydroxylation is 1. The number of rotatable bonds is 7. The largest absolute Gasteiger partial charge is 0.433 e. The van der Waals surface area contributed by atoms with Crippen LogP contribution in [0.5, 0.6) is 0 Å². The average molecular weight is 553 g/mol. The lowest BCUT2D eigenvalue weighted by Crippen LogP contribution is -2.30. The van der Waals surface area contributed by atoms with Crippen LogP contribution in [0.4, 0.5) is 22.0 Å². The summed E-state index contributed by atoms with van der Waals surface area (Å²) in [4.78, 5) is 17.1. The van der Waals surface area contributed by atoms with Gasteiger partial charge in [0.25, 0.3) is 5.91 Å². The Balaban J connectivity index is 1.57. The summed E-state index contributed by atoms with van der Waals surface area (Å²) in [5.74, 6) is -1.31. The SMILES string of the molecule is Cc1cc([C@@H](NC(=O)c2cc(Cn3cc(F)ccc3=N)cc(-c3cccnc3C(F)(F)F)c2)C2CC2)ccc1F. The summed E-state index contributed by atoms with van der Waals surface area (Å²) >= 11 is 0. The number of pyridine rings is 2. The summed E-state index contributed by atoms with van der Waals surface area (Å²) in [5.41, 5.74) is 0.442. The van der Waals surface area contributed by atoms with E-state index in [2.05, 4.69) is 10.3 Å². The Morgan fingerprint density at radius 2 is 1.88 bits per heavy atom. The molecule has 10 heteroatoms. The van der Waals surface area contributed by atoms with E-state index >= 15 is 0 Å². The summed E-state index contributed by atoms with van der Waals surface area (Å²) < 4.78 is 70.5. The lowest BCUT2D eigenvalue weighted by Gasteiger charge is -2.21. The van der Waals surface area contributed by atoms with Crippen LogP contribution in [0, 0.1) is 29.9 Å². The maximum absolute atomic E-state index is 13.9. The third-order valence-electron chi connectivity index (χ3n) is 6.91. The fourth-order valence-electron chi connectivity index (χ4n) is 4.77. The first kappa shape index (κ1) is 27.2. The number of carbonyl (C=O) groups excluding carboxylic acids is 1. The third kappa shape index (κ3) is 5.95. The molecule has 4 aromatic rings. The lowest BCUT2D eigenvalue weighted by molar-refractivity contribution is -0.140. The van der Waals surface area contributed by atoms with E-state index in [4.69, 9.17) is 5.41 Å². The molecule has 1 fully saturated rings. The number of nitrogens with one attached hydrogen (secondary N) is 2. The van der Waals surface area contributed by atoms with Gasteiger partial charge >= 0.3 is 6.18 Å². The standard InChI is InChI=1S/C30H25F5N4O/c1-17-11-20(6-8-25(17)32)27(19-4-5-19)38-29(40)22-13-18(15-39-16-23(31)7-9-26(39)36)12-21(14-22)24-3-2-10-37-28(24)30(33,34)35/h2-3,6-14,16,19,27,36H,4-5,15H2,1H3,(H,38,40)/t27-/m0/s1. The minimum atomic E-state index is -4.74. The molecule has 1 aliphatic carbocycles. The van der Waals surface area contributed by atoms with Crippen molar-refractivity contribution in [2.75, 3.05) is 0 Å². The van der Waals surface area contributed by atoms with Gasteiger partial charge in [0.1, 0.15) is 17.1 Å². The first-order valence-electron chi connectivity index (χ1n) is 12.6. The van der Waals surface area contributed by atoms with Crippen LogP contribution in [-0.2, 0) is 12.7 Å². The molecule has 0 bridgehead atoms. The Kier molecular flexibility index (Phi) is 7.27. The molecule has 2 aromatic carbocycles. The van der Waals surface area contributed by atoms with Crippen molar-refractivity contribution in [2.45, 2.75) is 38.5 Å². The molecule has 206 valence electrons. The van der Waals surface area contributed by atoms with E-state index in [1.807, 2.05) is 0 Å². The highest BCUT2D eigenvalue weighted by Gasteiger charge is 2.36. The molecule has 5 rings (SSSR count). The fraction of sp³-hybridized carbons (Fsp3) is 0.233. The molecule has 0 radical (unpaired) electrons. The van der Waals surface area contributed by atoms with Gasteiger partial charge in [-0.3, -0.25) is 15.2 Å². The quantitative estimate of drug-likeness (QED) is 0.255. The molecule has 0 aliphatic heterocycles. The van der Waals surface area contributed by atoms with Crippen LogP contribution >= 0.6 is 0 Å². The molecule has 1 amide bonds. The van der Waals surface area contributed by atoms with Gasteiger partial charge in [0.15, 0.2) is 5.69 Å². The van der Waals surface area contributed by atoms with E-state index < -0.39 is 29.6 Å². The predicted molar refractivity (Wildman–Crippen MR) is 138 cm³/mol. The molecule has 5 nitrogen and oxygen atoms in total. The van der Waals surface area contributed by atoms with E-state index in [0.29, 0.717) is 11.1 Å². The van der Waals surface area contributed by atoms with E-state index in [9.17, 15) is 26.7 Å². The number of nitrogens with zero attached hydrogens (tertiary/aromatic N) is 2. The highest BCUT2D eigenvalue weighted by atomic mass is 19.4. The molecule has 1 aliphatic rings. The van der Waals surface area contributed by atoms with E-state index in [0.717, 1.165) is 36.9 Å². The monoisotopic (exact) mass is 552 g/mol. The second-order valence-corrected chi connectivity index (χ2v) is 9.97. The number of carbonyl (C=O) groups is 1. The van der Waals surface area contributed by atoms with Gasteiger partial charge in [-0.1, -0.05) is 18.2 Å². The molecule has 40 heavy (non-hydrogen) atoms. The average Bonchev–Trinajstić information content (AvgIpc) is 3.76. The van der Waals surface area contributed by atoms with Crippen LogP contribution in [-0.4, -0.2) is 15.5 Å². The normalized spacial score (nSPS) is 14.2. The number of benzene rings is 2. The molecule has 1 atom stereocenters. The van der Waals surface area contributed by atoms with Crippen molar-refractivity contribution >= 4 is 5.91 Å². The van der Waals surface area contributed by atoms with Crippen molar-refractivity contribution in [1.29, 1.82) is 5.41 Å². The Morgan fingerprint density at radius 1 is 1.10 bits per heavy atom. The number of amides is 1. The zero-order valence-corrected chi connectivity index (χ0v) is 21.4. The molecule has 2 aromatic heterocycles. The molecule has 1 saturated carbocycles. The smallest absolute Gasteiger partial charge is 0.345 e. The third-order valence-corrected chi connectivity index (χ3v) is 6.91. The number of hydrogen-bond acceptors (Lipinski definition) is 3. The molecule has 0 spiro atoms. The molecular formula is C30H25F5N4O. The van der Waals surface area contributed by atoms with Crippen LogP contribution in [0.25, 0.3) is 11.1 Å². The summed E-state index contributed by atoms with van der Waals surface area (Å²) in [5, 5.41) is 11.1. The second-order valence-electron chi connectivity index (χ2n) is 9.97. The Morgan fingerprint density at radius 3 is 2.58 bits per heavy atom. The minimum absolute atomic E-state index is 0.0179. The summed E-state index contributed by atoms with van der Waals surface area (Å²) in [7, 11) is 0. The van der Waals surface area contributed by atoms with Crippen molar-refractivity contribution in [3.05, 3.63) is 118 Å². The minimum Gasteiger partial charge on any atom is -0.345 e. The van der Waals surface area contributed by atoms with Crippen molar-refractivity contribution in [3.63, 3.8) is 0 Å². The van der Waals surface area contributed by atoms with Gasteiger partial charge < -0.3 is 9.88 Å². The first-order valence-corrected chi connectivity index (χ1v) is 12.6.